The van der Waals surface area contributed by atoms with Gasteiger partial charge in [0.1, 0.15) is 0 Å². The van der Waals surface area contributed by atoms with E-state index in [9.17, 15) is 4.79 Å². The van der Waals surface area contributed by atoms with Crippen molar-refractivity contribution >= 4 is 5.91 Å². The Bertz CT molecular complexity index is 259. The first-order chi connectivity index (χ1) is 8.79. The first-order valence-corrected chi connectivity index (χ1v) is 6.98. The van der Waals surface area contributed by atoms with Crippen molar-refractivity contribution in [2.75, 3.05) is 52.5 Å². The van der Waals surface area contributed by atoms with E-state index in [0.717, 1.165) is 45.6 Å². The first kappa shape index (κ1) is 13.8. The molecule has 0 atom stereocenters. The Balaban J connectivity index is 1.63. The Morgan fingerprint density at radius 1 is 1.17 bits per heavy atom. The van der Waals surface area contributed by atoms with Crippen LogP contribution in [-0.4, -0.2) is 73.4 Å². The van der Waals surface area contributed by atoms with Crippen LogP contribution in [0.15, 0.2) is 0 Å². The second-order valence-electron chi connectivity index (χ2n) is 5.21. The molecular weight excluding hydrogens is 232 g/mol. The highest BCUT2D eigenvalue weighted by atomic mass is 16.5. The summed E-state index contributed by atoms with van der Waals surface area (Å²) in [7, 11) is 0. The number of aliphatic hydroxyl groups is 1. The number of ether oxygens (including phenoxy) is 1. The molecule has 0 aromatic rings. The smallest absolute Gasteiger partial charge is 0.224 e. The van der Waals surface area contributed by atoms with Crippen molar-refractivity contribution in [2.24, 2.45) is 5.92 Å². The SMILES string of the molecule is O=C(CCN1CCC(CO)CC1)N1CCOCC1. The molecule has 2 heterocycles. The van der Waals surface area contributed by atoms with E-state index in [1.165, 1.54) is 0 Å². The van der Waals surface area contributed by atoms with Gasteiger partial charge in [0, 0.05) is 32.7 Å². The minimum absolute atomic E-state index is 0.252. The molecular formula is C13H24N2O3. The van der Waals surface area contributed by atoms with Crippen LogP contribution in [0.25, 0.3) is 0 Å². The number of hydrogen-bond donors (Lipinski definition) is 1. The predicted octanol–water partition coefficient (Wildman–Crippen LogP) is -0.0604. The van der Waals surface area contributed by atoms with E-state index < -0.39 is 0 Å². The summed E-state index contributed by atoms with van der Waals surface area (Å²) in [6.45, 7) is 6.02. The van der Waals surface area contributed by atoms with Gasteiger partial charge in [0.05, 0.1) is 13.2 Å². The van der Waals surface area contributed by atoms with Crippen molar-refractivity contribution in [3.63, 3.8) is 0 Å². The summed E-state index contributed by atoms with van der Waals surface area (Å²) in [6, 6.07) is 0. The largest absolute Gasteiger partial charge is 0.396 e. The lowest BCUT2D eigenvalue weighted by molar-refractivity contribution is -0.135. The average Bonchev–Trinajstić information content (AvgIpc) is 2.46. The topological polar surface area (TPSA) is 53.0 Å². The first-order valence-electron chi connectivity index (χ1n) is 6.98. The summed E-state index contributed by atoms with van der Waals surface area (Å²) in [6.07, 6.45) is 2.73. The number of carbonyl (C=O) groups excluding carboxylic acids is 1. The van der Waals surface area contributed by atoms with Crippen molar-refractivity contribution < 1.29 is 14.6 Å². The maximum Gasteiger partial charge on any atom is 0.224 e. The fourth-order valence-electron chi connectivity index (χ4n) is 2.62. The van der Waals surface area contributed by atoms with Gasteiger partial charge >= 0.3 is 0 Å². The van der Waals surface area contributed by atoms with Crippen LogP contribution in [0.2, 0.25) is 0 Å². The quantitative estimate of drug-likeness (QED) is 0.765. The molecule has 5 heteroatoms. The van der Waals surface area contributed by atoms with Crippen LogP contribution >= 0.6 is 0 Å². The Hall–Kier alpha value is -0.650. The van der Waals surface area contributed by atoms with E-state index in [1.54, 1.807) is 0 Å². The number of aliphatic hydroxyl groups excluding tert-OH is 1. The van der Waals surface area contributed by atoms with Crippen LogP contribution in [0.4, 0.5) is 0 Å². The predicted molar refractivity (Wildman–Crippen MR) is 68.3 cm³/mol. The number of amides is 1. The number of nitrogens with zero attached hydrogens (tertiary/aromatic N) is 2. The minimum Gasteiger partial charge on any atom is -0.396 e. The fourth-order valence-corrected chi connectivity index (χ4v) is 2.62. The molecule has 0 aromatic carbocycles. The molecule has 2 aliphatic rings. The Morgan fingerprint density at radius 3 is 2.44 bits per heavy atom. The van der Waals surface area contributed by atoms with Gasteiger partial charge in [-0.1, -0.05) is 0 Å². The summed E-state index contributed by atoms with van der Waals surface area (Å²) in [5.41, 5.74) is 0. The molecule has 0 saturated carbocycles. The Kier molecular flexibility index (Phi) is 5.41. The molecule has 5 nitrogen and oxygen atoms in total. The third-order valence-corrected chi connectivity index (χ3v) is 3.97. The van der Waals surface area contributed by atoms with Crippen LogP contribution in [0, 0.1) is 5.92 Å². The van der Waals surface area contributed by atoms with Crippen molar-refractivity contribution in [2.45, 2.75) is 19.3 Å². The second kappa shape index (κ2) is 7.07. The number of morpholine rings is 1. The average molecular weight is 256 g/mol. The number of hydrogen-bond acceptors (Lipinski definition) is 4. The Morgan fingerprint density at radius 2 is 1.83 bits per heavy atom. The van der Waals surface area contributed by atoms with Gasteiger partial charge in [0.15, 0.2) is 0 Å². The van der Waals surface area contributed by atoms with Gasteiger partial charge < -0.3 is 19.6 Å². The highest BCUT2D eigenvalue weighted by Crippen LogP contribution is 2.16. The highest BCUT2D eigenvalue weighted by molar-refractivity contribution is 5.76. The standard InChI is InChI=1S/C13H24N2O3/c16-11-12-1-4-14(5-2-12)6-3-13(17)15-7-9-18-10-8-15/h12,16H,1-11H2. The molecule has 2 aliphatic heterocycles. The van der Waals surface area contributed by atoms with Crippen LogP contribution in [0.1, 0.15) is 19.3 Å². The molecule has 1 N–H and O–H groups in total. The van der Waals surface area contributed by atoms with Crippen LogP contribution in [-0.2, 0) is 9.53 Å². The van der Waals surface area contributed by atoms with Gasteiger partial charge in [-0.25, -0.2) is 0 Å². The van der Waals surface area contributed by atoms with Crippen molar-refractivity contribution in [1.82, 2.24) is 9.80 Å². The molecule has 104 valence electrons. The molecule has 0 aromatic heterocycles. The van der Waals surface area contributed by atoms with E-state index in [-0.39, 0.29) is 5.91 Å². The summed E-state index contributed by atoms with van der Waals surface area (Å²) in [5.74, 6) is 0.721. The van der Waals surface area contributed by atoms with E-state index in [0.29, 0.717) is 32.2 Å². The van der Waals surface area contributed by atoms with Crippen LogP contribution in [0.5, 0.6) is 0 Å². The number of carbonyl (C=O) groups is 1. The lowest BCUT2D eigenvalue weighted by Gasteiger charge is -2.32. The van der Waals surface area contributed by atoms with Crippen molar-refractivity contribution in [1.29, 1.82) is 0 Å². The van der Waals surface area contributed by atoms with Crippen molar-refractivity contribution in [3.05, 3.63) is 0 Å². The maximum atomic E-state index is 12.0. The lowest BCUT2D eigenvalue weighted by Crippen LogP contribution is -2.43. The minimum atomic E-state index is 0.252. The molecule has 2 saturated heterocycles. The number of rotatable bonds is 4. The molecule has 0 spiro atoms. The molecule has 18 heavy (non-hydrogen) atoms. The third-order valence-electron chi connectivity index (χ3n) is 3.97. The van der Waals surface area contributed by atoms with Crippen molar-refractivity contribution in [3.8, 4) is 0 Å². The normalized spacial score (nSPS) is 23.3. The van der Waals surface area contributed by atoms with E-state index in [1.807, 2.05) is 4.90 Å². The molecule has 0 unspecified atom stereocenters. The van der Waals surface area contributed by atoms with Gasteiger partial charge in [-0.3, -0.25) is 4.79 Å². The molecule has 0 bridgehead atoms. The zero-order chi connectivity index (χ0) is 12.8. The van der Waals surface area contributed by atoms with Gasteiger partial charge in [-0.05, 0) is 31.8 Å². The monoisotopic (exact) mass is 256 g/mol. The second-order valence-corrected chi connectivity index (χ2v) is 5.21. The van der Waals surface area contributed by atoms with E-state index in [2.05, 4.69) is 4.90 Å². The summed E-state index contributed by atoms with van der Waals surface area (Å²) < 4.78 is 5.24. The van der Waals surface area contributed by atoms with E-state index >= 15 is 0 Å². The summed E-state index contributed by atoms with van der Waals surface area (Å²) >= 11 is 0. The number of piperidine rings is 1. The van der Waals surface area contributed by atoms with Gasteiger partial charge in [0.2, 0.25) is 5.91 Å². The highest BCUT2D eigenvalue weighted by Gasteiger charge is 2.21. The number of likely N-dealkylation sites (tertiary alicyclic amines) is 1. The zero-order valence-electron chi connectivity index (χ0n) is 11.0. The van der Waals surface area contributed by atoms with Gasteiger partial charge in [-0.2, -0.15) is 0 Å². The summed E-state index contributed by atoms with van der Waals surface area (Å²) in [5, 5.41) is 9.07. The Labute approximate surface area is 109 Å². The third kappa shape index (κ3) is 3.93. The zero-order valence-corrected chi connectivity index (χ0v) is 11.0. The lowest BCUT2D eigenvalue weighted by atomic mass is 9.98. The maximum absolute atomic E-state index is 12.0. The molecule has 2 fully saturated rings. The van der Waals surface area contributed by atoms with Gasteiger partial charge in [0.25, 0.3) is 0 Å². The van der Waals surface area contributed by atoms with Gasteiger partial charge in [-0.15, -0.1) is 0 Å². The van der Waals surface area contributed by atoms with Crippen LogP contribution in [0.3, 0.4) is 0 Å². The van der Waals surface area contributed by atoms with Crippen LogP contribution < -0.4 is 0 Å². The molecule has 0 aliphatic carbocycles. The fraction of sp³-hybridized carbons (Fsp3) is 0.923. The molecule has 2 rings (SSSR count). The molecule has 0 radical (unpaired) electrons. The molecule has 1 amide bonds. The van der Waals surface area contributed by atoms with E-state index in [4.69, 9.17) is 9.84 Å². The summed E-state index contributed by atoms with van der Waals surface area (Å²) in [4.78, 5) is 16.2.